The fraction of sp³-hybridized carbons (Fsp3) is 0.455. The van der Waals surface area contributed by atoms with Crippen molar-refractivity contribution in [2.45, 2.75) is 52.5 Å². The van der Waals surface area contributed by atoms with Crippen molar-refractivity contribution in [1.82, 2.24) is 14.5 Å². The molecule has 4 heteroatoms. The summed E-state index contributed by atoms with van der Waals surface area (Å²) in [5, 5.41) is 1.25. The maximum absolute atomic E-state index is 4.97. The van der Waals surface area contributed by atoms with Gasteiger partial charge in [0.2, 0.25) is 0 Å². The number of para-hydroxylation sites is 1. The molecule has 0 bridgehead atoms. The fourth-order valence-electron chi connectivity index (χ4n) is 4.13. The van der Waals surface area contributed by atoms with Crippen LogP contribution in [0.3, 0.4) is 0 Å². The summed E-state index contributed by atoms with van der Waals surface area (Å²) < 4.78 is 2.31. The predicted molar refractivity (Wildman–Crippen MR) is 108 cm³/mol. The van der Waals surface area contributed by atoms with E-state index in [4.69, 9.17) is 9.97 Å². The van der Waals surface area contributed by atoms with E-state index in [1.807, 2.05) is 0 Å². The summed E-state index contributed by atoms with van der Waals surface area (Å²) in [6.45, 7) is 8.57. The minimum Gasteiger partial charge on any atom is -0.365 e. The first-order valence-electron chi connectivity index (χ1n) is 9.76. The largest absolute Gasteiger partial charge is 0.365 e. The summed E-state index contributed by atoms with van der Waals surface area (Å²) in [5.41, 5.74) is 6.23. The number of aromatic nitrogens is 3. The molecule has 26 heavy (non-hydrogen) atoms. The number of rotatable bonds is 4. The number of benzene rings is 1. The normalized spacial score (nSPS) is 14.3. The van der Waals surface area contributed by atoms with Crippen molar-refractivity contribution in [2.75, 3.05) is 11.4 Å². The van der Waals surface area contributed by atoms with Crippen molar-refractivity contribution in [3.8, 4) is 0 Å². The molecule has 0 saturated heterocycles. The summed E-state index contributed by atoms with van der Waals surface area (Å²) in [6.07, 6.45) is 3.19. The standard InChI is InChI=1S/C22H28N4/c1-5-8-16-13-21(17-9-6-7-10-18(17)23-16)26-12-11-20-19(14-26)24-22(15(2)3)25(20)4/h6-7,9-10,13,15H,5,8,11-12,14H2,1-4H3. The Morgan fingerprint density at radius 3 is 2.73 bits per heavy atom. The molecule has 0 radical (unpaired) electrons. The van der Waals surface area contributed by atoms with Gasteiger partial charge in [0.25, 0.3) is 0 Å². The van der Waals surface area contributed by atoms with Gasteiger partial charge in [0.15, 0.2) is 0 Å². The quantitative estimate of drug-likeness (QED) is 0.690. The van der Waals surface area contributed by atoms with Crippen LogP contribution in [-0.2, 0) is 26.4 Å². The second-order valence-electron chi connectivity index (χ2n) is 7.65. The average molecular weight is 348 g/mol. The SMILES string of the molecule is CCCc1cc(N2CCc3c(nc(C(C)C)n3C)C2)c2ccccc2n1. The topological polar surface area (TPSA) is 34.0 Å². The lowest BCUT2D eigenvalue weighted by Gasteiger charge is -2.30. The fourth-order valence-corrected chi connectivity index (χ4v) is 4.13. The molecule has 3 heterocycles. The summed E-state index contributed by atoms with van der Waals surface area (Å²) in [6, 6.07) is 10.8. The van der Waals surface area contributed by atoms with Gasteiger partial charge in [0.05, 0.1) is 17.8 Å². The van der Waals surface area contributed by atoms with E-state index >= 15 is 0 Å². The zero-order valence-corrected chi connectivity index (χ0v) is 16.3. The van der Waals surface area contributed by atoms with Crippen LogP contribution < -0.4 is 4.90 Å². The molecule has 0 fully saturated rings. The summed E-state index contributed by atoms with van der Waals surface area (Å²) in [4.78, 5) is 12.3. The van der Waals surface area contributed by atoms with Crippen molar-refractivity contribution in [3.05, 3.63) is 53.2 Å². The smallest absolute Gasteiger partial charge is 0.111 e. The highest BCUT2D eigenvalue weighted by Crippen LogP contribution is 2.32. The lowest BCUT2D eigenvalue weighted by molar-refractivity contribution is 0.663. The van der Waals surface area contributed by atoms with E-state index in [1.165, 1.54) is 34.0 Å². The van der Waals surface area contributed by atoms with E-state index in [9.17, 15) is 0 Å². The molecule has 1 aliphatic rings. The van der Waals surface area contributed by atoms with E-state index < -0.39 is 0 Å². The third-order valence-corrected chi connectivity index (χ3v) is 5.40. The van der Waals surface area contributed by atoms with Gasteiger partial charge in [-0.25, -0.2) is 4.98 Å². The van der Waals surface area contributed by atoms with Gasteiger partial charge >= 0.3 is 0 Å². The number of imidazole rings is 1. The van der Waals surface area contributed by atoms with Gasteiger partial charge in [0.1, 0.15) is 5.82 Å². The minimum absolute atomic E-state index is 0.456. The molecule has 4 rings (SSSR count). The molecule has 4 nitrogen and oxygen atoms in total. The molecule has 3 aromatic rings. The van der Waals surface area contributed by atoms with Gasteiger partial charge in [-0.2, -0.15) is 0 Å². The highest BCUT2D eigenvalue weighted by atomic mass is 15.2. The van der Waals surface area contributed by atoms with Crippen LogP contribution in [-0.4, -0.2) is 21.1 Å². The van der Waals surface area contributed by atoms with Crippen LogP contribution in [0.25, 0.3) is 10.9 Å². The lowest BCUT2D eigenvalue weighted by Crippen LogP contribution is -2.31. The van der Waals surface area contributed by atoms with E-state index in [-0.39, 0.29) is 0 Å². The molecule has 0 saturated carbocycles. The summed E-state index contributed by atoms with van der Waals surface area (Å²) in [7, 11) is 2.16. The molecule has 0 atom stereocenters. The van der Waals surface area contributed by atoms with Crippen molar-refractivity contribution < 1.29 is 0 Å². The van der Waals surface area contributed by atoms with Gasteiger partial charge in [0, 0.05) is 48.4 Å². The molecule has 0 N–H and O–H groups in total. The van der Waals surface area contributed by atoms with Crippen molar-refractivity contribution in [3.63, 3.8) is 0 Å². The van der Waals surface area contributed by atoms with Crippen molar-refractivity contribution in [2.24, 2.45) is 7.05 Å². The van der Waals surface area contributed by atoms with Crippen LogP contribution in [0.2, 0.25) is 0 Å². The summed E-state index contributed by atoms with van der Waals surface area (Å²) in [5.74, 6) is 1.65. The lowest BCUT2D eigenvalue weighted by atomic mass is 10.1. The number of pyridine rings is 1. The van der Waals surface area contributed by atoms with Gasteiger partial charge in [-0.15, -0.1) is 0 Å². The second kappa shape index (κ2) is 6.75. The Morgan fingerprint density at radius 1 is 1.15 bits per heavy atom. The van der Waals surface area contributed by atoms with Crippen LogP contribution in [0.5, 0.6) is 0 Å². The van der Waals surface area contributed by atoms with Gasteiger partial charge in [-0.1, -0.05) is 45.4 Å². The van der Waals surface area contributed by atoms with Crippen LogP contribution in [0.1, 0.15) is 56.0 Å². The Labute approximate surface area is 155 Å². The molecule has 0 unspecified atom stereocenters. The van der Waals surface area contributed by atoms with Crippen LogP contribution in [0.15, 0.2) is 30.3 Å². The van der Waals surface area contributed by atoms with E-state index in [0.717, 1.165) is 37.9 Å². The van der Waals surface area contributed by atoms with E-state index in [0.29, 0.717) is 5.92 Å². The molecular formula is C22H28N4. The zero-order chi connectivity index (χ0) is 18.3. The molecule has 0 spiro atoms. The Kier molecular flexibility index (Phi) is 4.43. The number of fused-ring (bicyclic) bond motifs is 2. The zero-order valence-electron chi connectivity index (χ0n) is 16.3. The number of hydrogen-bond donors (Lipinski definition) is 0. The van der Waals surface area contributed by atoms with Gasteiger partial charge in [-0.3, -0.25) is 4.98 Å². The van der Waals surface area contributed by atoms with Gasteiger partial charge < -0.3 is 9.47 Å². The predicted octanol–water partition coefficient (Wildman–Crippen LogP) is 4.61. The van der Waals surface area contributed by atoms with Crippen LogP contribution in [0, 0.1) is 0 Å². The minimum atomic E-state index is 0.456. The van der Waals surface area contributed by atoms with Crippen molar-refractivity contribution >= 4 is 16.6 Å². The highest BCUT2D eigenvalue weighted by molar-refractivity contribution is 5.92. The molecule has 0 aliphatic carbocycles. The maximum atomic E-state index is 4.97. The van der Waals surface area contributed by atoms with E-state index in [2.05, 4.69) is 67.6 Å². The highest BCUT2D eigenvalue weighted by Gasteiger charge is 2.25. The molecule has 1 aromatic carbocycles. The summed E-state index contributed by atoms with van der Waals surface area (Å²) >= 11 is 0. The number of anilines is 1. The second-order valence-corrected chi connectivity index (χ2v) is 7.65. The van der Waals surface area contributed by atoms with E-state index in [1.54, 1.807) is 0 Å². The number of hydrogen-bond acceptors (Lipinski definition) is 3. The Morgan fingerprint density at radius 2 is 1.96 bits per heavy atom. The van der Waals surface area contributed by atoms with Gasteiger partial charge in [-0.05, 0) is 18.6 Å². The molecular weight excluding hydrogens is 320 g/mol. The molecule has 1 aliphatic heterocycles. The Bertz CT molecular complexity index is 939. The number of aryl methyl sites for hydroxylation is 1. The monoisotopic (exact) mass is 348 g/mol. The van der Waals surface area contributed by atoms with Crippen LogP contribution in [0.4, 0.5) is 5.69 Å². The average Bonchev–Trinajstić information content (AvgIpc) is 2.98. The Hall–Kier alpha value is -2.36. The third-order valence-electron chi connectivity index (χ3n) is 5.40. The Balaban J connectivity index is 1.76. The van der Waals surface area contributed by atoms with Crippen LogP contribution >= 0.6 is 0 Å². The molecule has 0 amide bonds. The maximum Gasteiger partial charge on any atom is 0.111 e. The molecule has 136 valence electrons. The first-order chi connectivity index (χ1) is 12.6. The molecule has 2 aromatic heterocycles. The third kappa shape index (κ3) is 2.87. The number of nitrogens with zero attached hydrogens (tertiary/aromatic N) is 4. The van der Waals surface area contributed by atoms with Crippen molar-refractivity contribution in [1.29, 1.82) is 0 Å². The first-order valence-corrected chi connectivity index (χ1v) is 9.76. The first kappa shape index (κ1) is 17.1.